The smallest absolute Gasteiger partial charge is 0.282 e. The van der Waals surface area contributed by atoms with E-state index < -0.39 is 20.2 Å². The van der Waals surface area contributed by atoms with Crippen LogP contribution in [-0.2, 0) is 39.5 Å². The third-order valence-corrected chi connectivity index (χ3v) is 10.5. The van der Waals surface area contributed by atoms with Gasteiger partial charge >= 0.3 is 0 Å². The molecule has 0 saturated carbocycles. The fourth-order valence-electron chi connectivity index (χ4n) is 6.21. The summed E-state index contributed by atoms with van der Waals surface area (Å²) in [5.74, 6) is 0. The van der Waals surface area contributed by atoms with Gasteiger partial charge in [0.25, 0.3) is 20.2 Å². The van der Waals surface area contributed by atoms with Crippen molar-refractivity contribution in [3.63, 3.8) is 0 Å². The molecule has 0 bridgehead atoms. The van der Waals surface area contributed by atoms with E-state index in [9.17, 15) is 25.9 Å². The Morgan fingerprint density at radius 1 is 0.489 bits per heavy atom. The van der Waals surface area contributed by atoms with Gasteiger partial charge in [0.1, 0.15) is 9.79 Å². The van der Waals surface area contributed by atoms with Crippen molar-refractivity contribution >= 4 is 71.3 Å². The van der Waals surface area contributed by atoms with E-state index in [1.165, 1.54) is 25.7 Å². The van der Waals surface area contributed by atoms with Crippen LogP contribution in [0.3, 0.4) is 0 Å². The van der Waals surface area contributed by atoms with Crippen molar-refractivity contribution in [1.29, 1.82) is 0 Å². The van der Waals surface area contributed by atoms with Gasteiger partial charge in [0.05, 0.1) is 0 Å². The van der Waals surface area contributed by atoms with Gasteiger partial charge in [0.15, 0.2) is 0 Å². The van der Waals surface area contributed by atoms with Gasteiger partial charge in [-0.1, -0.05) is 145 Å². The summed E-state index contributed by atoms with van der Waals surface area (Å²) >= 11 is 0. The second-order valence-electron chi connectivity index (χ2n) is 12.2. The normalized spacial score (nSPS) is 11.7. The molecule has 0 amide bonds. The van der Waals surface area contributed by atoms with Crippen LogP contribution in [0.15, 0.2) is 76.5 Å². The van der Waals surface area contributed by atoms with Crippen molar-refractivity contribution in [2.24, 2.45) is 0 Å². The standard InChI is InChI=1S/C20H28O3S.C18H24O3S.Na/c1-3-5-7-11-16-15-17-12-9-10-14-19(17)20(24(21,22)23)18(16)13-8-6-4-2;1-2-3-4-5-6-7-11-16-14-13-15-10-8-9-12-17(15)18(16)22(19,20)21;/h9-10,12,14-15H,3-8,11,13H2,1-2H3,(H,21,22,23);8-10,12-14H,2-7,11H2,1H3,(H,19,20,21);. The quantitative estimate of drug-likeness (QED) is 0.0648. The molecule has 253 valence electrons. The van der Waals surface area contributed by atoms with Crippen molar-refractivity contribution in [2.75, 3.05) is 0 Å². The van der Waals surface area contributed by atoms with Crippen LogP contribution in [0.4, 0.5) is 0 Å². The Labute approximate surface area is 305 Å². The number of rotatable bonds is 17. The fourth-order valence-corrected chi connectivity index (χ4v) is 8.18. The average molecular weight is 692 g/mol. The summed E-state index contributed by atoms with van der Waals surface area (Å²) in [6.07, 6.45) is 15.6. The van der Waals surface area contributed by atoms with Crippen LogP contribution in [0.25, 0.3) is 21.5 Å². The van der Waals surface area contributed by atoms with E-state index in [2.05, 4.69) is 26.8 Å². The van der Waals surface area contributed by atoms with Gasteiger partial charge in [-0.15, -0.1) is 0 Å². The molecule has 9 heteroatoms. The summed E-state index contributed by atoms with van der Waals surface area (Å²) in [5, 5.41) is 2.96. The maximum Gasteiger partial charge on any atom is 0.295 e. The first kappa shape index (κ1) is 41.4. The molecule has 4 aromatic carbocycles. The molecule has 0 fully saturated rings. The third kappa shape index (κ3) is 12.6. The Hall–Kier alpha value is -1.78. The topological polar surface area (TPSA) is 109 Å². The molecule has 0 aromatic heterocycles. The van der Waals surface area contributed by atoms with Gasteiger partial charge in [-0.2, -0.15) is 16.8 Å². The van der Waals surface area contributed by atoms with Gasteiger partial charge < -0.3 is 0 Å². The predicted molar refractivity (Wildman–Crippen MR) is 197 cm³/mol. The number of hydrogen-bond acceptors (Lipinski definition) is 4. The number of benzene rings is 4. The molecule has 0 aliphatic heterocycles. The molecule has 47 heavy (non-hydrogen) atoms. The predicted octanol–water partition coefficient (Wildman–Crippen LogP) is 10.2. The monoisotopic (exact) mass is 691 g/mol. The molecule has 0 unspecified atom stereocenters. The first-order chi connectivity index (χ1) is 22.0. The molecular formula is C38H52NaO6S2. The summed E-state index contributed by atoms with van der Waals surface area (Å²) < 4.78 is 67.4. The maximum absolute atomic E-state index is 12.1. The van der Waals surface area contributed by atoms with E-state index in [-0.39, 0.29) is 39.3 Å². The van der Waals surface area contributed by atoms with Crippen LogP contribution in [0.2, 0.25) is 0 Å². The molecule has 4 aromatic rings. The first-order valence-electron chi connectivity index (χ1n) is 17.0. The minimum atomic E-state index is -4.25. The molecular weight excluding hydrogens is 640 g/mol. The minimum Gasteiger partial charge on any atom is -0.282 e. The van der Waals surface area contributed by atoms with Crippen molar-refractivity contribution in [3.8, 4) is 0 Å². The molecule has 0 aliphatic rings. The summed E-state index contributed by atoms with van der Waals surface area (Å²) in [7, 11) is -8.46. The van der Waals surface area contributed by atoms with Gasteiger partial charge in [-0.25, -0.2) is 0 Å². The second kappa shape index (κ2) is 20.7. The van der Waals surface area contributed by atoms with Crippen LogP contribution >= 0.6 is 0 Å². The zero-order chi connectivity index (χ0) is 33.6. The van der Waals surface area contributed by atoms with Crippen molar-refractivity contribution in [3.05, 3.63) is 83.4 Å². The Bertz CT molecular complexity index is 1770. The van der Waals surface area contributed by atoms with Crippen molar-refractivity contribution in [1.82, 2.24) is 0 Å². The van der Waals surface area contributed by atoms with Gasteiger partial charge in [-0.05, 0) is 66.0 Å². The second-order valence-corrected chi connectivity index (χ2v) is 14.9. The van der Waals surface area contributed by atoms with E-state index in [1.54, 1.807) is 18.2 Å². The van der Waals surface area contributed by atoms with E-state index in [0.29, 0.717) is 23.6 Å². The largest absolute Gasteiger partial charge is 0.295 e. The Balaban J connectivity index is 0.000000321. The van der Waals surface area contributed by atoms with Gasteiger partial charge in [0.2, 0.25) is 0 Å². The molecule has 0 atom stereocenters. The van der Waals surface area contributed by atoms with Crippen molar-refractivity contribution < 1.29 is 25.9 Å². The molecule has 0 saturated heterocycles. The number of unbranched alkanes of at least 4 members (excludes halogenated alkanes) is 9. The number of aryl methyl sites for hydroxylation is 2. The van der Waals surface area contributed by atoms with E-state index >= 15 is 0 Å². The molecule has 4 rings (SSSR count). The fraction of sp³-hybridized carbons (Fsp3) is 0.474. The van der Waals surface area contributed by atoms with Gasteiger partial charge in [0, 0.05) is 40.3 Å². The van der Waals surface area contributed by atoms with Crippen LogP contribution < -0.4 is 0 Å². The van der Waals surface area contributed by atoms with Crippen LogP contribution in [0.1, 0.15) is 115 Å². The molecule has 1 radical (unpaired) electrons. The first-order valence-corrected chi connectivity index (χ1v) is 19.9. The SMILES string of the molecule is CCCCCCCCc1ccc2ccccc2c1S(=O)(=O)O.CCCCCc1cc2ccccc2c(S(=O)(=O)O)c1CCCCC.[Na]. The van der Waals surface area contributed by atoms with E-state index in [4.69, 9.17) is 0 Å². The third-order valence-electron chi connectivity index (χ3n) is 8.55. The summed E-state index contributed by atoms with van der Waals surface area (Å²) in [5.41, 5.74) is 2.61. The molecule has 0 heterocycles. The summed E-state index contributed by atoms with van der Waals surface area (Å²) in [4.78, 5) is 0.211. The van der Waals surface area contributed by atoms with E-state index in [0.717, 1.165) is 85.3 Å². The number of fused-ring (bicyclic) bond motifs is 2. The Kier molecular flexibility index (Phi) is 18.2. The van der Waals surface area contributed by atoms with E-state index in [1.807, 2.05) is 42.5 Å². The van der Waals surface area contributed by atoms with Crippen LogP contribution in [0.5, 0.6) is 0 Å². The Morgan fingerprint density at radius 3 is 1.53 bits per heavy atom. The minimum absolute atomic E-state index is 0. The molecule has 0 aliphatic carbocycles. The van der Waals surface area contributed by atoms with Crippen LogP contribution in [0, 0.1) is 0 Å². The summed E-state index contributed by atoms with van der Waals surface area (Å²) in [6.45, 7) is 6.48. The zero-order valence-corrected chi connectivity index (χ0v) is 32.4. The Morgan fingerprint density at radius 2 is 0.936 bits per heavy atom. The number of hydrogen-bond donors (Lipinski definition) is 2. The maximum atomic E-state index is 12.1. The summed E-state index contributed by atoms with van der Waals surface area (Å²) in [6, 6.07) is 20.6. The molecule has 6 nitrogen and oxygen atoms in total. The molecule has 0 spiro atoms. The van der Waals surface area contributed by atoms with Crippen molar-refractivity contribution in [2.45, 2.75) is 127 Å². The van der Waals surface area contributed by atoms with Gasteiger partial charge in [-0.3, -0.25) is 9.11 Å². The average Bonchev–Trinajstić information content (AvgIpc) is 3.02. The molecule has 2 N–H and O–H groups in total. The zero-order valence-electron chi connectivity index (χ0n) is 28.8. The van der Waals surface area contributed by atoms with Crippen LogP contribution in [-0.4, -0.2) is 55.5 Å².